The summed E-state index contributed by atoms with van der Waals surface area (Å²) in [6, 6.07) is 0. The lowest BCUT2D eigenvalue weighted by Gasteiger charge is -2.46. The third-order valence-electron chi connectivity index (χ3n) is 2.34. The molecule has 4 nitrogen and oxygen atoms in total. The molecular formula is C10H20N2O2S. The number of hydrogen-bond acceptors (Lipinski definition) is 4. The number of aliphatic hydroxyl groups excluding tert-OH is 1. The van der Waals surface area contributed by atoms with E-state index in [2.05, 4.69) is 26.1 Å². The molecule has 1 aliphatic rings. The summed E-state index contributed by atoms with van der Waals surface area (Å²) in [5.74, 6) is 0.170. The number of thioether (sulfide) groups is 1. The van der Waals surface area contributed by atoms with Crippen LogP contribution in [-0.4, -0.2) is 46.4 Å². The molecular weight excluding hydrogens is 212 g/mol. The van der Waals surface area contributed by atoms with E-state index in [1.807, 2.05) is 7.05 Å². The molecule has 0 radical (unpaired) electrons. The Kier molecular flexibility index (Phi) is 4.03. The van der Waals surface area contributed by atoms with Crippen LogP contribution in [0.3, 0.4) is 0 Å². The lowest BCUT2D eigenvalue weighted by molar-refractivity contribution is -0.147. The lowest BCUT2D eigenvalue weighted by Crippen LogP contribution is -2.61. The molecule has 2 N–H and O–H groups in total. The molecule has 0 aromatic carbocycles. The van der Waals surface area contributed by atoms with Crippen molar-refractivity contribution in [3.05, 3.63) is 0 Å². The zero-order valence-electron chi connectivity index (χ0n) is 9.78. The first-order valence-electron chi connectivity index (χ1n) is 5.13. The number of hydrogen-bond donors (Lipinski definition) is 2. The van der Waals surface area contributed by atoms with Crippen molar-refractivity contribution >= 4 is 17.7 Å². The number of carbonyl (C=O) groups is 1. The fourth-order valence-corrected chi connectivity index (χ4v) is 2.99. The largest absolute Gasteiger partial charge is 0.381 e. The molecule has 0 bridgehead atoms. The molecule has 0 saturated carbocycles. The third-order valence-corrected chi connectivity index (χ3v) is 3.93. The lowest BCUT2D eigenvalue weighted by atomic mass is 9.99. The van der Waals surface area contributed by atoms with E-state index in [4.69, 9.17) is 5.11 Å². The van der Waals surface area contributed by atoms with Crippen molar-refractivity contribution in [2.45, 2.75) is 30.9 Å². The molecule has 88 valence electrons. The smallest absolute Gasteiger partial charge is 0.230 e. The number of rotatable bonds is 4. The number of likely N-dealkylation sites (tertiary alicyclic amines) is 1. The van der Waals surface area contributed by atoms with Crippen molar-refractivity contribution in [1.29, 1.82) is 0 Å². The number of nitrogens with one attached hydrogen (secondary N) is 1. The highest BCUT2D eigenvalue weighted by molar-refractivity contribution is 8.01. The highest BCUT2D eigenvalue weighted by Crippen LogP contribution is 2.40. The number of aliphatic hydroxyl groups is 1. The van der Waals surface area contributed by atoms with Crippen molar-refractivity contribution < 1.29 is 9.90 Å². The van der Waals surface area contributed by atoms with Gasteiger partial charge >= 0.3 is 0 Å². The first kappa shape index (κ1) is 12.8. The molecule has 0 aromatic rings. The Bertz CT molecular complexity index is 240. The summed E-state index contributed by atoms with van der Waals surface area (Å²) < 4.78 is 0.150. The third kappa shape index (κ3) is 3.09. The standard InChI is InChI=1S/C10H20N2O2S/c1-10(2,3)15-9-7(5-11-6-13)8(14)12(9)4/h7,9,11,13H,5-6H2,1-4H3/t7-,9-/m1/s1. The summed E-state index contributed by atoms with van der Waals surface area (Å²) in [6.07, 6.45) is 0. The minimum Gasteiger partial charge on any atom is -0.381 e. The summed E-state index contributed by atoms with van der Waals surface area (Å²) in [5, 5.41) is 11.7. The summed E-state index contributed by atoms with van der Waals surface area (Å²) in [4.78, 5) is 13.3. The highest BCUT2D eigenvalue weighted by atomic mass is 32.2. The second-order valence-corrected chi connectivity index (χ2v) is 6.73. The number of amides is 1. The fourth-order valence-electron chi connectivity index (χ4n) is 1.63. The molecule has 1 aliphatic heterocycles. The van der Waals surface area contributed by atoms with Crippen LogP contribution in [0.2, 0.25) is 0 Å². The molecule has 1 saturated heterocycles. The van der Waals surface area contributed by atoms with Crippen molar-refractivity contribution in [3.8, 4) is 0 Å². The van der Waals surface area contributed by atoms with Gasteiger partial charge in [0.1, 0.15) is 0 Å². The average molecular weight is 232 g/mol. The van der Waals surface area contributed by atoms with Crippen LogP contribution < -0.4 is 5.32 Å². The molecule has 1 heterocycles. The van der Waals surface area contributed by atoms with Crippen molar-refractivity contribution in [3.63, 3.8) is 0 Å². The Balaban J connectivity index is 2.51. The molecule has 0 spiro atoms. The summed E-state index contributed by atoms with van der Waals surface area (Å²) in [5.41, 5.74) is 0. The number of nitrogens with zero attached hydrogens (tertiary/aromatic N) is 1. The van der Waals surface area contributed by atoms with E-state index in [0.717, 1.165) is 0 Å². The van der Waals surface area contributed by atoms with Gasteiger partial charge in [-0.2, -0.15) is 0 Å². The van der Waals surface area contributed by atoms with Gasteiger partial charge in [0.05, 0.1) is 18.0 Å². The first-order chi connectivity index (χ1) is 6.87. The SMILES string of the molecule is CN1C(=O)[C@@H](CNCO)[C@H]1SC(C)(C)C. The predicted molar refractivity (Wildman–Crippen MR) is 62.5 cm³/mol. The van der Waals surface area contributed by atoms with E-state index in [1.165, 1.54) is 0 Å². The van der Waals surface area contributed by atoms with Crippen LogP contribution in [-0.2, 0) is 4.79 Å². The van der Waals surface area contributed by atoms with E-state index in [9.17, 15) is 4.79 Å². The van der Waals surface area contributed by atoms with Crippen LogP contribution in [0.4, 0.5) is 0 Å². The van der Waals surface area contributed by atoms with Gasteiger partial charge < -0.3 is 10.0 Å². The van der Waals surface area contributed by atoms with Crippen LogP contribution in [0.5, 0.6) is 0 Å². The molecule has 5 heteroatoms. The van der Waals surface area contributed by atoms with Gasteiger partial charge in [0.2, 0.25) is 5.91 Å². The van der Waals surface area contributed by atoms with Crippen molar-refractivity contribution in [2.75, 3.05) is 20.3 Å². The Morgan fingerprint density at radius 3 is 2.60 bits per heavy atom. The van der Waals surface area contributed by atoms with E-state index in [-0.39, 0.29) is 28.7 Å². The second kappa shape index (κ2) is 4.72. The van der Waals surface area contributed by atoms with Gasteiger partial charge in [-0.3, -0.25) is 10.1 Å². The maximum absolute atomic E-state index is 11.6. The highest BCUT2D eigenvalue weighted by Gasteiger charge is 2.46. The summed E-state index contributed by atoms with van der Waals surface area (Å²) in [7, 11) is 1.83. The van der Waals surface area contributed by atoms with Gasteiger partial charge in [-0.05, 0) is 0 Å². The van der Waals surface area contributed by atoms with Crippen molar-refractivity contribution in [2.24, 2.45) is 5.92 Å². The van der Waals surface area contributed by atoms with Gasteiger partial charge in [0, 0.05) is 18.3 Å². The van der Waals surface area contributed by atoms with Crippen LogP contribution in [0.1, 0.15) is 20.8 Å². The van der Waals surface area contributed by atoms with Gasteiger partial charge in [-0.15, -0.1) is 11.8 Å². The summed E-state index contributed by atoms with van der Waals surface area (Å²) in [6.45, 7) is 6.92. The van der Waals surface area contributed by atoms with Gasteiger partial charge in [-0.25, -0.2) is 0 Å². The van der Waals surface area contributed by atoms with E-state index in [0.29, 0.717) is 6.54 Å². The first-order valence-corrected chi connectivity index (χ1v) is 6.01. The van der Waals surface area contributed by atoms with E-state index in [1.54, 1.807) is 16.7 Å². The average Bonchev–Trinajstić information content (AvgIpc) is 2.14. The minimum atomic E-state index is -0.0690. The molecule has 2 atom stereocenters. The molecule has 0 aromatic heterocycles. The minimum absolute atomic E-state index is 0.00590. The monoisotopic (exact) mass is 232 g/mol. The molecule has 1 rings (SSSR count). The van der Waals surface area contributed by atoms with Gasteiger partial charge in [0.15, 0.2) is 0 Å². The quantitative estimate of drug-likeness (QED) is 0.546. The molecule has 0 unspecified atom stereocenters. The molecule has 1 fully saturated rings. The summed E-state index contributed by atoms with van der Waals surface area (Å²) >= 11 is 1.80. The maximum atomic E-state index is 11.6. The maximum Gasteiger partial charge on any atom is 0.230 e. The zero-order valence-corrected chi connectivity index (χ0v) is 10.6. The fraction of sp³-hybridized carbons (Fsp3) is 0.900. The predicted octanol–water partition coefficient (Wildman–Crippen LogP) is 0.472. The van der Waals surface area contributed by atoms with E-state index >= 15 is 0 Å². The molecule has 1 amide bonds. The van der Waals surface area contributed by atoms with Gasteiger partial charge in [0.25, 0.3) is 0 Å². The number of β-lactam (4-membered cyclic amide) rings is 1. The Labute approximate surface area is 95.4 Å². The topological polar surface area (TPSA) is 52.6 Å². The van der Waals surface area contributed by atoms with Crippen LogP contribution in [0, 0.1) is 5.92 Å². The Hall–Kier alpha value is -0.260. The van der Waals surface area contributed by atoms with Crippen LogP contribution in [0.25, 0.3) is 0 Å². The Morgan fingerprint density at radius 1 is 1.53 bits per heavy atom. The molecule has 0 aliphatic carbocycles. The number of carbonyl (C=O) groups excluding carboxylic acids is 1. The zero-order chi connectivity index (χ0) is 11.6. The van der Waals surface area contributed by atoms with Crippen LogP contribution >= 0.6 is 11.8 Å². The van der Waals surface area contributed by atoms with Crippen LogP contribution in [0.15, 0.2) is 0 Å². The van der Waals surface area contributed by atoms with Crippen molar-refractivity contribution in [1.82, 2.24) is 10.2 Å². The van der Waals surface area contributed by atoms with Gasteiger partial charge in [-0.1, -0.05) is 20.8 Å². The molecule has 15 heavy (non-hydrogen) atoms. The van der Waals surface area contributed by atoms with E-state index < -0.39 is 0 Å². The normalized spacial score (nSPS) is 26.7. The second-order valence-electron chi connectivity index (χ2n) is 4.79. The Morgan fingerprint density at radius 2 is 2.13 bits per heavy atom.